The molecule has 0 unspecified atom stereocenters. The predicted molar refractivity (Wildman–Crippen MR) is 67.7 cm³/mol. The lowest BCUT2D eigenvalue weighted by Gasteiger charge is -2.14. The van der Waals surface area contributed by atoms with Crippen molar-refractivity contribution in [2.75, 3.05) is 0 Å². The molecule has 1 heterocycles. The highest BCUT2D eigenvalue weighted by molar-refractivity contribution is 6.69. The molecule has 1 aromatic heterocycles. The van der Waals surface area contributed by atoms with E-state index in [1.165, 1.54) is 24.5 Å². The Bertz CT molecular complexity index is 509. The number of hydrogen-bond acceptors (Lipinski definition) is 4. The van der Waals surface area contributed by atoms with Gasteiger partial charge in [-0.2, -0.15) is 0 Å². The number of allylic oxidation sites excluding steroid dienone is 1. The molecule has 0 atom stereocenters. The van der Waals surface area contributed by atoms with Gasteiger partial charge in [0.15, 0.2) is 0 Å². The van der Waals surface area contributed by atoms with Crippen LogP contribution < -0.4 is 5.73 Å². The second-order valence-corrected chi connectivity index (χ2v) is 5.44. The number of carbonyl (C=O) groups excluding carboxylic acids is 1. The first-order chi connectivity index (χ1) is 8.25. The van der Waals surface area contributed by atoms with E-state index in [2.05, 4.69) is 4.98 Å². The van der Waals surface area contributed by atoms with Crippen LogP contribution in [-0.4, -0.2) is 25.6 Å². The summed E-state index contributed by atoms with van der Waals surface area (Å²) in [4.78, 5) is 26.7. The molecule has 0 aromatic carbocycles. The molecule has 0 saturated carbocycles. The number of alkyl halides is 3. The van der Waals surface area contributed by atoms with Crippen molar-refractivity contribution in [3.63, 3.8) is 0 Å². The Labute approximate surface area is 117 Å². The molecule has 0 fully saturated rings. The molecule has 0 saturated heterocycles. The third-order valence-corrected chi connectivity index (χ3v) is 2.57. The van der Waals surface area contributed by atoms with Crippen molar-refractivity contribution in [2.45, 2.75) is 3.79 Å². The van der Waals surface area contributed by atoms with E-state index < -0.39 is 26.8 Å². The number of nitrogens with zero attached hydrogens (tertiary/aromatic N) is 1. The summed E-state index contributed by atoms with van der Waals surface area (Å²) in [6, 6.07) is 2.66. The first-order valence-electron chi connectivity index (χ1n) is 4.50. The third-order valence-electron chi connectivity index (χ3n) is 1.96. The van der Waals surface area contributed by atoms with Gasteiger partial charge >= 0.3 is 5.97 Å². The maximum atomic E-state index is 12.0. The van der Waals surface area contributed by atoms with E-state index in [9.17, 15) is 9.59 Å². The number of carboxylic acids is 1. The summed E-state index contributed by atoms with van der Waals surface area (Å²) in [5, 5.41) is 8.99. The molecule has 8 heteroatoms. The normalized spacial score (nSPS) is 12.8. The van der Waals surface area contributed by atoms with E-state index in [4.69, 9.17) is 45.6 Å². The minimum absolute atomic E-state index is 0.0830. The Morgan fingerprint density at radius 3 is 2.11 bits per heavy atom. The molecule has 0 amide bonds. The van der Waals surface area contributed by atoms with Gasteiger partial charge in [0.1, 0.15) is 5.57 Å². The molecule has 0 aliphatic rings. The number of pyridine rings is 1. The summed E-state index contributed by atoms with van der Waals surface area (Å²) in [6.45, 7) is 0. The summed E-state index contributed by atoms with van der Waals surface area (Å²) in [7, 11) is 0. The van der Waals surface area contributed by atoms with Crippen molar-refractivity contribution >= 4 is 46.6 Å². The second kappa shape index (κ2) is 5.56. The van der Waals surface area contributed by atoms with Gasteiger partial charge in [0.25, 0.3) is 0 Å². The highest BCUT2D eigenvalue weighted by Gasteiger charge is 2.33. The van der Waals surface area contributed by atoms with E-state index in [0.717, 1.165) is 0 Å². The first kappa shape index (κ1) is 14.8. The number of hydrogen-bond donors (Lipinski definition) is 2. The van der Waals surface area contributed by atoms with Crippen molar-refractivity contribution in [1.82, 2.24) is 4.98 Å². The third kappa shape index (κ3) is 3.35. The van der Waals surface area contributed by atoms with Gasteiger partial charge in [-0.3, -0.25) is 9.78 Å². The maximum Gasteiger partial charge on any atom is 0.341 e. The first-order valence-corrected chi connectivity index (χ1v) is 5.63. The van der Waals surface area contributed by atoms with Crippen LogP contribution in [-0.2, 0) is 4.79 Å². The fraction of sp³-hybridized carbons (Fsp3) is 0.100. The largest absolute Gasteiger partial charge is 0.477 e. The van der Waals surface area contributed by atoms with Crippen LogP contribution in [0.5, 0.6) is 0 Å². The van der Waals surface area contributed by atoms with Crippen molar-refractivity contribution in [3.05, 3.63) is 41.4 Å². The van der Waals surface area contributed by atoms with Gasteiger partial charge in [-0.05, 0) is 12.1 Å². The SMILES string of the molecule is N/C(=C(\C(=O)O)C(=O)c1ccncc1)C(Cl)(Cl)Cl. The number of aliphatic carboxylic acids is 1. The molecule has 0 bridgehead atoms. The fourth-order valence-electron chi connectivity index (χ4n) is 1.12. The molecule has 18 heavy (non-hydrogen) atoms. The minimum atomic E-state index is -2.17. The van der Waals surface area contributed by atoms with Crippen LogP contribution in [0.3, 0.4) is 0 Å². The summed E-state index contributed by atoms with van der Waals surface area (Å²) in [5.74, 6) is -2.42. The molecule has 1 rings (SSSR count). The fourth-order valence-corrected chi connectivity index (χ4v) is 1.41. The number of Topliss-reactive ketones (excluding diaryl/α,β-unsaturated/α-hetero) is 1. The van der Waals surface area contributed by atoms with Crippen molar-refractivity contribution in [3.8, 4) is 0 Å². The van der Waals surface area contributed by atoms with E-state index in [-0.39, 0.29) is 5.56 Å². The van der Waals surface area contributed by atoms with E-state index in [1.807, 2.05) is 0 Å². The summed E-state index contributed by atoms with van der Waals surface area (Å²) in [5.41, 5.74) is 4.07. The van der Waals surface area contributed by atoms with E-state index in [0.29, 0.717) is 0 Å². The Kier molecular flexibility index (Phi) is 4.56. The van der Waals surface area contributed by atoms with Gasteiger partial charge in [0.2, 0.25) is 9.58 Å². The average Bonchev–Trinajstić information content (AvgIpc) is 2.28. The van der Waals surface area contributed by atoms with Gasteiger partial charge in [0.05, 0.1) is 5.70 Å². The average molecular weight is 310 g/mol. The predicted octanol–water partition coefficient (Wildman–Crippen LogP) is 1.93. The zero-order chi connectivity index (χ0) is 13.9. The molecule has 0 spiro atoms. The quantitative estimate of drug-likeness (QED) is 0.292. The zero-order valence-corrected chi connectivity index (χ0v) is 11.0. The number of carboxylic acid groups (broad SMARTS) is 1. The zero-order valence-electron chi connectivity index (χ0n) is 8.73. The van der Waals surface area contributed by atoms with Gasteiger partial charge in [-0.25, -0.2) is 4.79 Å². The molecule has 0 radical (unpaired) electrons. The number of carbonyl (C=O) groups is 2. The lowest BCUT2D eigenvalue weighted by Crippen LogP contribution is -2.26. The van der Waals surface area contributed by atoms with Gasteiger partial charge in [-0.1, -0.05) is 34.8 Å². The molecule has 0 aliphatic carbocycles. The van der Waals surface area contributed by atoms with Gasteiger partial charge in [0, 0.05) is 18.0 Å². The van der Waals surface area contributed by atoms with E-state index >= 15 is 0 Å². The lowest BCUT2D eigenvalue weighted by atomic mass is 10.0. The molecule has 3 N–H and O–H groups in total. The number of halogens is 3. The summed E-state index contributed by atoms with van der Waals surface area (Å²) < 4.78 is -2.17. The van der Waals surface area contributed by atoms with Gasteiger partial charge < -0.3 is 10.8 Å². The highest BCUT2D eigenvalue weighted by atomic mass is 35.6. The van der Waals surface area contributed by atoms with Crippen LogP contribution in [0.25, 0.3) is 0 Å². The van der Waals surface area contributed by atoms with Crippen molar-refractivity contribution in [1.29, 1.82) is 0 Å². The standard InChI is InChI=1S/C10H7Cl3N2O3/c11-10(12,13)8(14)6(9(17)18)7(16)5-1-3-15-4-2-5/h1-4H,14H2,(H,17,18)/b8-6-. The van der Waals surface area contributed by atoms with Crippen LogP contribution in [0.2, 0.25) is 0 Å². The van der Waals surface area contributed by atoms with Crippen LogP contribution >= 0.6 is 34.8 Å². The lowest BCUT2D eigenvalue weighted by molar-refractivity contribution is -0.132. The maximum absolute atomic E-state index is 12.0. The molecule has 5 nitrogen and oxygen atoms in total. The molecular formula is C10H7Cl3N2O3. The summed E-state index contributed by atoms with van der Waals surface area (Å²) in [6.07, 6.45) is 2.66. The second-order valence-electron chi connectivity index (χ2n) is 3.16. The van der Waals surface area contributed by atoms with Crippen molar-refractivity contribution < 1.29 is 14.7 Å². The minimum Gasteiger partial charge on any atom is -0.477 e. The smallest absolute Gasteiger partial charge is 0.341 e. The van der Waals surface area contributed by atoms with Crippen molar-refractivity contribution in [2.24, 2.45) is 5.73 Å². The van der Waals surface area contributed by atoms with Crippen LogP contribution in [0.4, 0.5) is 0 Å². The number of ketones is 1. The number of nitrogens with two attached hydrogens (primary N) is 1. The summed E-state index contributed by atoms with van der Waals surface area (Å²) >= 11 is 16.4. The van der Waals surface area contributed by atoms with Crippen LogP contribution in [0.15, 0.2) is 35.8 Å². The van der Waals surface area contributed by atoms with Crippen LogP contribution in [0.1, 0.15) is 10.4 Å². The van der Waals surface area contributed by atoms with Gasteiger partial charge in [-0.15, -0.1) is 0 Å². The molecular weight excluding hydrogens is 302 g/mol. The number of rotatable bonds is 3. The Morgan fingerprint density at radius 1 is 1.22 bits per heavy atom. The molecule has 1 aromatic rings. The molecule has 96 valence electrons. The number of aromatic nitrogens is 1. The van der Waals surface area contributed by atoms with Crippen LogP contribution in [0, 0.1) is 0 Å². The topological polar surface area (TPSA) is 93.3 Å². The molecule has 0 aliphatic heterocycles. The van der Waals surface area contributed by atoms with E-state index in [1.54, 1.807) is 0 Å². The monoisotopic (exact) mass is 308 g/mol. The Hall–Kier alpha value is -1.30. The highest BCUT2D eigenvalue weighted by Crippen LogP contribution is 2.34. The Balaban J connectivity index is 3.33. The Morgan fingerprint density at radius 2 is 1.72 bits per heavy atom.